The lowest BCUT2D eigenvalue weighted by atomic mass is 10.0. The monoisotopic (exact) mass is 315 g/mol. The predicted octanol–water partition coefficient (Wildman–Crippen LogP) is 4.07. The number of carboxylic acid groups (broad SMARTS) is 1. The van der Waals surface area contributed by atoms with Crippen LogP contribution in [0.2, 0.25) is 0 Å². The Bertz CT molecular complexity index is 777. The van der Waals surface area contributed by atoms with Gasteiger partial charge < -0.3 is 9.51 Å². The highest BCUT2D eigenvalue weighted by Gasteiger charge is 2.19. The minimum atomic E-state index is -0.917. The zero-order valence-electron chi connectivity index (χ0n) is 9.88. The molecule has 3 nitrogen and oxygen atoms in total. The van der Waals surface area contributed by atoms with E-state index in [-0.39, 0.29) is 0 Å². The zero-order valence-corrected chi connectivity index (χ0v) is 11.5. The Morgan fingerprint density at radius 1 is 1.05 bits per heavy atom. The van der Waals surface area contributed by atoms with Gasteiger partial charge in [0.25, 0.3) is 0 Å². The third-order valence-corrected chi connectivity index (χ3v) is 3.75. The highest BCUT2D eigenvalue weighted by atomic mass is 79.9. The molecule has 0 radical (unpaired) electrons. The molecular weight excluding hydrogens is 306 g/mol. The van der Waals surface area contributed by atoms with Crippen molar-refractivity contribution in [1.82, 2.24) is 4.40 Å². The summed E-state index contributed by atoms with van der Waals surface area (Å²) in [5, 5.41) is 9.48. The first-order valence-corrected chi connectivity index (χ1v) is 6.55. The molecule has 94 valence electrons. The van der Waals surface area contributed by atoms with Crippen LogP contribution in [0.15, 0.2) is 59.3 Å². The van der Waals surface area contributed by atoms with Crippen LogP contribution in [-0.4, -0.2) is 15.5 Å². The summed E-state index contributed by atoms with van der Waals surface area (Å²) in [5.41, 5.74) is 2.61. The van der Waals surface area contributed by atoms with Crippen LogP contribution in [0, 0.1) is 0 Å². The van der Waals surface area contributed by atoms with Crippen molar-refractivity contribution in [2.24, 2.45) is 0 Å². The fourth-order valence-corrected chi connectivity index (χ4v) is 2.73. The summed E-state index contributed by atoms with van der Waals surface area (Å²) in [6, 6.07) is 13.1. The van der Waals surface area contributed by atoms with Gasteiger partial charge in [0.2, 0.25) is 0 Å². The first kappa shape index (κ1) is 12.0. The van der Waals surface area contributed by atoms with E-state index in [9.17, 15) is 9.90 Å². The molecule has 0 spiro atoms. The maximum absolute atomic E-state index is 11.6. The van der Waals surface area contributed by atoms with Crippen molar-refractivity contribution in [3.05, 3.63) is 64.9 Å². The number of carbonyl (C=O) groups is 1. The molecule has 0 saturated carbocycles. The summed E-state index contributed by atoms with van der Waals surface area (Å²) < 4.78 is 2.71. The quantitative estimate of drug-likeness (QED) is 0.774. The SMILES string of the molecule is O=C(O)c1c(-c2ccccc2Br)cn2ccccc12. The van der Waals surface area contributed by atoms with Crippen molar-refractivity contribution < 1.29 is 9.90 Å². The number of carboxylic acids is 1. The van der Waals surface area contributed by atoms with E-state index in [1.807, 2.05) is 59.3 Å². The van der Waals surface area contributed by atoms with Crippen LogP contribution in [0.1, 0.15) is 10.4 Å². The number of nitrogens with zero attached hydrogens (tertiary/aromatic N) is 1. The second-order valence-corrected chi connectivity index (χ2v) is 5.05. The summed E-state index contributed by atoms with van der Waals surface area (Å²) in [6.07, 6.45) is 3.70. The Morgan fingerprint density at radius 2 is 1.79 bits per heavy atom. The van der Waals surface area contributed by atoms with Gasteiger partial charge in [-0.25, -0.2) is 4.79 Å². The fourth-order valence-electron chi connectivity index (χ4n) is 2.23. The van der Waals surface area contributed by atoms with Gasteiger partial charge in [-0.15, -0.1) is 0 Å². The van der Waals surface area contributed by atoms with Gasteiger partial charge in [0.1, 0.15) is 0 Å². The standard InChI is InChI=1S/C15H10BrNO2/c16-12-6-2-1-5-10(12)11-9-17-8-4-3-7-13(17)14(11)15(18)19/h1-9H,(H,18,19). The van der Waals surface area contributed by atoms with Gasteiger partial charge in [0, 0.05) is 22.4 Å². The van der Waals surface area contributed by atoms with Crippen LogP contribution >= 0.6 is 15.9 Å². The smallest absolute Gasteiger partial charge is 0.338 e. The highest BCUT2D eigenvalue weighted by molar-refractivity contribution is 9.10. The van der Waals surface area contributed by atoms with E-state index in [0.717, 1.165) is 10.0 Å². The molecule has 2 heterocycles. The third kappa shape index (κ3) is 1.94. The van der Waals surface area contributed by atoms with Crippen LogP contribution in [0.25, 0.3) is 16.6 Å². The largest absolute Gasteiger partial charge is 0.478 e. The molecule has 3 aromatic rings. The molecule has 0 amide bonds. The second kappa shape index (κ2) is 4.55. The van der Waals surface area contributed by atoms with Crippen LogP contribution in [0.5, 0.6) is 0 Å². The molecule has 19 heavy (non-hydrogen) atoms. The van der Waals surface area contributed by atoms with Gasteiger partial charge in [-0.3, -0.25) is 0 Å². The molecule has 0 saturated heterocycles. The van der Waals surface area contributed by atoms with Gasteiger partial charge in [0.05, 0.1) is 11.1 Å². The fraction of sp³-hybridized carbons (Fsp3) is 0. The molecule has 0 atom stereocenters. The maximum atomic E-state index is 11.6. The van der Waals surface area contributed by atoms with Crippen molar-refractivity contribution >= 4 is 27.4 Å². The first-order chi connectivity index (χ1) is 9.18. The van der Waals surface area contributed by atoms with Crippen molar-refractivity contribution in [2.75, 3.05) is 0 Å². The van der Waals surface area contributed by atoms with Gasteiger partial charge >= 0.3 is 5.97 Å². The molecule has 0 aliphatic rings. The predicted molar refractivity (Wildman–Crippen MR) is 77.5 cm³/mol. The Kier molecular flexibility index (Phi) is 2.87. The number of halogens is 1. The lowest BCUT2D eigenvalue weighted by Crippen LogP contribution is -1.97. The van der Waals surface area contributed by atoms with E-state index in [4.69, 9.17) is 0 Å². The number of rotatable bonds is 2. The second-order valence-electron chi connectivity index (χ2n) is 4.20. The summed E-state index contributed by atoms with van der Waals surface area (Å²) in [5.74, 6) is -0.917. The molecule has 4 heteroatoms. The van der Waals surface area contributed by atoms with E-state index in [0.29, 0.717) is 16.6 Å². The molecule has 0 fully saturated rings. The minimum Gasteiger partial charge on any atom is -0.478 e. The molecule has 2 aromatic heterocycles. The zero-order chi connectivity index (χ0) is 13.4. The minimum absolute atomic E-state index is 0.326. The molecular formula is C15H10BrNO2. The Labute approximate surface area is 118 Å². The van der Waals surface area contributed by atoms with Crippen LogP contribution in [0.3, 0.4) is 0 Å². The van der Waals surface area contributed by atoms with E-state index >= 15 is 0 Å². The number of pyridine rings is 1. The lowest BCUT2D eigenvalue weighted by Gasteiger charge is -2.03. The summed E-state index contributed by atoms with van der Waals surface area (Å²) in [7, 11) is 0. The molecule has 3 rings (SSSR count). The number of fused-ring (bicyclic) bond motifs is 1. The van der Waals surface area contributed by atoms with Crippen LogP contribution in [0.4, 0.5) is 0 Å². The first-order valence-electron chi connectivity index (χ1n) is 5.76. The highest BCUT2D eigenvalue weighted by Crippen LogP contribution is 2.33. The maximum Gasteiger partial charge on any atom is 0.338 e. The van der Waals surface area contributed by atoms with Crippen molar-refractivity contribution in [1.29, 1.82) is 0 Å². The number of hydrogen-bond donors (Lipinski definition) is 1. The number of aromatic carboxylic acids is 1. The molecule has 0 bridgehead atoms. The van der Waals surface area contributed by atoms with Crippen LogP contribution in [-0.2, 0) is 0 Å². The van der Waals surface area contributed by atoms with Gasteiger partial charge in [-0.2, -0.15) is 0 Å². The molecule has 0 unspecified atom stereocenters. The summed E-state index contributed by atoms with van der Waals surface area (Å²) >= 11 is 3.47. The molecule has 1 N–H and O–H groups in total. The average Bonchev–Trinajstić information content (AvgIpc) is 2.78. The Balaban J connectivity index is 2.38. The van der Waals surface area contributed by atoms with E-state index in [2.05, 4.69) is 15.9 Å². The third-order valence-electron chi connectivity index (χ3n) is 3.06. The summed E-state index contributed by atoms with van der Waals surface area (Å²) in [6.45, 7) is 0. The van der Waals surface area contributed by atoms with Gasteiger partial charge in [0.15, 0.2) is 0 Å². The number of aromatic nitrogens is 1. The molecule has 0 aliphatic carbocycles. The average molecular weight is 316 g/mol. The molecule has 1 aromatic carbocycles. The Hall–Kier alpha value is -2.07. The number of benzene rings is 1. The van der Waals surface area contributed by atoms with Gasteiger partial charge in [-0.05, 0) is 23.8 Å². The Morgan fingerprint density at radius 3 is 2.53 bits per heavy atom. The van der Waals surface area contributed by atoms with Crippen molar-refractivity contribution in [3.8, 4) is 11.1 Å². The summed E-state index contributed by atoms with van der Waals surface area (Å²) in [4.78, 5) is 11.6. The lowest BCUT2D eigenvalue weighted by molar-refractivity contribution is 0.0700. The van der Waals surface area contributed by atoms with E-state index < -0.39 is 5.97 Å². The topological polar surface area (TPSA) is 41.7 Å². The molecule has 0 aliphatic heterocycles. The van der Waals surface area contributed by atoms with E-state index in [1.54, 1.807) is 0 Å². The normalized spacial score (nSPS) is 10.8. The number of hydrogen-bond acceptors (Lipinski definition) is 1. The van der Waals surface area contributed by atoms with Gasteiger partial charge in [-0.1, -0.05) is 40.2 Å². The van der Waals surface area contributed by atoms with Crippen LogP contribution < -0.4 is 0 Å². The van der Waals surface area contributed by atoms with Crippen molar-refractivity contribution in [2.45, 2.75) is 0 Å². The van der Waals surface area contributed by atoms with Crippen molar-refractivity contribution in [3.63, 3.8) is 0 Å². The van der Waals surface area contributed by atoms with E-state index in [1.165, 1.54) is 0 Å².